The molecule has 0 radical (unpaired) electrons. The molecule has 120 valence electrons. The van der Waals surface area contributed by atoms with Crippen LogP contribution in [0.5, 0.6) is 5.75 Å². The molecule has 3 rings (SSSR count). The second-order valence-corrected chi connectivity index (χ2v) is 5.44. The molecule has 1 aliphatic heterocycles. The fourth-order valence-corrected chi connectivity index (χ4v) is 2.89. The third kappa shape index (κ3) is 2.87. The quantitative estimate of drug-likeness (QED) is 0.667. The number of aromatic nitrogens is 2. The van der Waals surface area contributed by atoms with Gasteiger partial charge in [0.2, 0.25) is 0 Å². The van der Waals surface area contributed by atoms with E-state index >= 15 is 0 Å². The number of carbonyl (C=O) groups is 1. The highest BCUT2D eigenvalue weighted by atomic mass is 16.6. The van der Waals surface area contributed by atoms with Gasteiger partial charge in [-0.2, -0.15) is 0 Å². The second-order valence-electron chi connectivity index (χ2n) is 5.44. The van der Waals surface area contributed by atoms with E-state index in [1.54, 1.807) is 17.3 Å². The minimum Gasteiger partial charge on any atom is -0.507 e. The Balaban J connectivity index is 1.90. The lowest BCUT2D eigenvalue weighted by Crippen LogP contribution is -2.39. The van der Waals surface area contributed by atoms with Crippen molar-refractivity contribution in [3.63, 3.8) is 0 Å². The first-order valence-corrected chi connectivity index (χ1v) is 7.35. The molecule has 0 saturated carbocycles. The summed E-state index contributed by atoms with van der Waals surface area (Å²) >= 11 is 0. The highest BCUT2D eigenvalue weighted by Crippen LogP contribution is 2.32. The van der Waals surface area contributed by atoms with Gasteiger partial charge in [0.25, 0.3) is 11.6 Å². The number of nitro benzene ring substituents is 1. The summed E-state index contributed by atoms with van der Waals surface area (Å²) < 4.78 is 0. The Kier molecular flexibility index (Phi) is 3.96. The molecule has 8 nitrogen and oxygen atoms in total. The van der Waals surface area contributed by atoms with Crippen molar-refractivity contribution in [2.24, 2.45) is 0 Å². The van der Waals surface area contributed by atoms with E-state index < -0.39 is 4.92 Å². The fraction of sp³-hybridized carbons (Fsp3) is 0.333. The molecule has 0 aliphatic carbocycles. The Hall–Kier alpha value is -2.90. The van der Waals surface area contributed by atoms with Gasteiger partial charge in [0.05, 0.1) is 22.6 Å². The van der Waals surface area contributed by atoms with Crippen LogP contribution in [0.15, 0.2) is 30.6 Å². The van der Waals surface area contributed by atoms with Crippen molar-refractivity contribution in [2.75, 3.05) is 6.54 Å². The lowest BCUT2D eigenvalue weighted by molar-refractivity contribution is -0.384. The number of phenols is 1. The SMILES string of the molecule is O=C(c1ccc([N+](=O)[O-])cc1O)N1CCCC[C@H]1c1ncc[nH]1. The van der Waals surface area contributed by atoms with Crippen LogP contribution in [0.25, 0.3) is 0 Å². The summed E-state index contributed by atoms with van der Waals surface area (Å²) in [5, 5.41) is 20.7. The molecule has 2 N–H and O–H groups in total. The van der Waals surface area contributed by atoms with E-state index in [2.05, 4.69) is 9.97 Å². The second kappa shape index (κ2) is 6.07. The predicted molar refractivity (Wildman–Crippen MR) is 81.0 cm³/mol. The van der Waals surface area contributed by atoms with Crippen LogP contribution in [-0.2, 0) is 0 Å². The molecule has 1 saturated heterocycles. The number of non-ortho nitro benzene ring substituents is 1. The lowest BCUT2D eigenvalue weighted by atomic mass is 10.00. The smallest absolute Gasteiger partial charge is 0.273 e. The van der Waals surface area contributed by atoms with Gasteiger partial charge in [-0.3, -0.25) is 14.9 Å². The van der Waals surface area contributed by atoms with Crippen LogP contribution in [0, 0.1) is 10.1 Å². The standard InChI is InChI=1S/C15H16N4O4/c20-13-9-10(19(22)23)4-5-11(13)15(21)18-8-2-1-3-12(18)14-16-6-7-17-14/h4-7,9,12,20H,1-3,8H2,(H,16,17)/t12-/m0/s1. The van der Waals surface area contributed by atoms with E-state index in [9.17, 15) is 20.0 Å². The summed E-state index contributed by atoms with van der Waals surface area (Å²) in [4.78, 5) is 31.8. The Labute approximate surface area is 131 Å². The average molecular weight is 316 g/mol. The molecular weight excluding hydrogens is 300 g/mol. The highest BCUT2D eigenvalue weighted by Gasteiger charge is 2.31. The van der Waals surface area contributed by atoms with E-state index in [-0.39, 0.29) is 28.9 Å². The minimum atomic E-state index is -0.611. The fourth-order valence-electron chi connectivity index (χ4n) is 2.89. The Morgan fingerprint density at radius 2 is 2.26 bits per heavy atom. The zero-order chi connectivity index (χ0) is 16.4. The number of hydrogen-bond donors (Lipinski definition) is 2. The molecule has 0 spiro atoms. The van der Waals surface area contributed by atoms with Gasteiger partial charge in [0.1, 0.15) is 11.6 Å². The highest BCUT2D eigenvalue weighted by molar-refractivity contribution is 5.97. The van der Waals surface area contributed by atoms with Gasteiger partial charge in [-0.1, -0.05) is 0 Å². The first-order valence-electron chi connectivity index (χ1n) is 7.35. The van der Waals surface area contributed by atoms with Crippen molar-refractivity contribution in [3.8, 4) is 5.75 Å². The normalized spacial score (nSPS) is 17.9. The van der Waals surface area contributed by atoms with Gasteiger partial charge in [-0.15, -0.1) is 0 Å². The minimum absolute atomic E-state index is 0.0639. The molecule has 1 aliphatic rings. The van der Waals surface area contributed by atoms with Crippen molar-refractivity contribution in [1.29, 1.82) is 0 Å². The van der Waals surface area contributed by atoms with E-state index in [1.165, 1.54) is 12.1 Å². The number of piperidine rings is 1. The molecule has 0 unspecified atom stereocenters. The number of carbonyl (C=O) groups excluding carboxylic acids is 1. The van der Waals surface area contributed by atoms with E-state index in [1.807, 2.05) is 0 Å². The molecule has 1 fully saturated rings. The summed E-state index contributed by atoms with van der Waals surface area (Å²) in [5.74, 6) is -0.0223. The van der Waals surface area contributed by atoms with Crippen LogP contribution in [0.4, 0.5) is 5.69 Å². The first-order chi connectivity index (χ1) is 11.1. The maximum absolute atomic E-state index is 12.8. The number of H-pyrrole nitrogens is 1. The van der Waals surface area contributed by atoms with Gasteiger partial charge >= 0.3 is 0 Å². The Morgan fingerprint density at radius 3 is 2.91 bits per heavy atom. The summed E-state index contributed by atoms with van der Waals surface area (Å²) in [6, 6.07) is 3.34. The molecule has 2 heterocycles. The molecule has 1 amide bonds. The van der Waals surface area contributed by atoms with E-state index in [0.29, 0.717) is 12.4 Å². The number of rotatable bonds is 3. The number of aromatic amines is 1. The van der Waals surface area contributed by atoms with E-state index in [4.69, 9.17) is 0 Å². The van der Waals surface area contributed by atoms with Gasteiger partial charge in [0, 0.05) is 25.0 Å². The molecule has 1 aromatic heterocycles. The van der Waals surface area contributed by atoms with Gasteiger partial charge in [-0.05, 0) is 25.3 Å². The van der Waals surface area contributed by atoms with Gasteiger partial charge in [0.15, 0.2) is 0 Å². The molecule has 23 heavy (non-hydrogen) atoms. The van der Waals surface area contributed by atoms with Crippen LogP contribution in [0.2, 0.25) is 0 Å². The molecule has 0 bridgehead atoms. The molecule has 2 aromatic rings. The van der Waals surface area contributed by atoms with Crippen molar-refractivity contribution in [1.82, 2.24) is 14.9 Å². The molecule has 1 atom stereocenters. The van der Waals surface area contributed by atoms with Gasteiger partial charge in [-0.25, -0.2) is 4.98 Å². The van der Waals surface area contributed by atoms with Crippen LogP contribution in [0.1, 0.15) is 41.5 Å². The van der Waals surface area contributed by atoms with Crippen LogP contribution < -0.4 is 0 Å². The van der Waals surface area contributed by atoms with Crippen molar-refractivity contribution in [2.45, 2.75) is 25.3 Å². The average Bonchev–Trinajstić information content (AvgIpc) is 3.08. The zero-order valence-corrected chi connectivity index (χ0v) is 12.3. The number of imidazole rings is 1. The predicted octanol–water partition coefficient (Wildman–Crippen LogP) is 2.39. The first kappa shape index (κ1) is 15.0. The number of phenolic OH excluding ortho intramolecular Hbond substituents is 1. The van der Waals surface area contributed by atoms with Gasteiger partial charge < -0.3 is 15.0 Å². The number of nitrogens with zero attached hydrogens (tertiary/aromatic N) is 3. The summed E-state index contributed by atoms with van der Waals surface area (Å²) in [6.07, 6.45) is 5.98. The number of hydrogen-bond acceptors (Lipinski definition) is 5. The van der Waals surface area contributed by atoms with Crippen molar-refractivity contribution < 1.29 is 14.8 Å². The summed E-state index contributed by atoms with van der Waals surface area (Å²) in [7, 11) is 0. The van der Waals surface area contributed by atoms with Crippen molar-refractivity contribution in [3.05, 3.63) is 52.1 Å². The number of amides is 1. The van der Waals surface area contributed by atoms with Crippen LogP contribution >= 0.6 is 0 Å². The van der Waals surface area contributed by atoms with Crippen molar-refractivity contribution >= 4 is 11.6 Å². The van der Waals surface area contributed by atoms with E-state index in [0.717, 1.165) is 25.3 Å². The number of benzene rings is 1. The molecule has 8 heteroatoms. The summed E-state index contributed by atoms with van der Waals surface area (Å²) in [6.45, 7) is 0.556. The van der Waals surface area contributed by atoms with Crippen LogP contribution in [0.3, 0.4) is 0 Å². The number of likely N-dealkylation sites (tertiary alicyclic amines) is 1. The topological polar surface area (TPSA) is 112 Å². The number of nitrogens with one attached hydrogen (secondary N) is 1. The Morgan fingerprint density at radius 1 is 1.43 bits per heavy atom. The monoisotopic (exact) mass is 316 g/mol. The maximum atomic E-state index is 12.8. The maximum Gasteiger partial charge on any atom is 0.273 e. The molecule has 1 aromatic carbocycles. The zero-order valence-electron chi connectivity index (χ0n) is 12.3. The largest absolute Gasteiger partial charge is 0.507 e. The summed E-state index contributed by atoms with van der Waals surface area (Å²) in [5.41, 5.74) is -0.186. The lowest BCUT2D eigenvalue weighted by Gasteiger charge is -2.34. The number of aromatic hydroxyl groups is 1. The Bertz CT molecular complexity index is 729. The number of nitro groups is 1. The van der Waals surface area contributed by atoms with Crippen LogP contribution in [-0.4, -0.2) is 37.3 Å². The third-order valence-electron chi connectivity index (χ3n) is 4.02. The molecular formula is C15H16N4O4. The third-order valence-corrected chi connectivity index (χ3v) is 4.02.